The van der Waals surface area contributed by atoms with Crippen LogP contribution in [0.4, 0.5) is 13.2 Å². The van der Waals surface area contributed by atoms with Gasteiger partial charge in [-0.1, -0.05) is 44.0 Å². The summed E-state index contributed by atoms with van der Waals surface area (Å²) in [5.41, 5.74) is 0.0934. The van der Waals surface area contributed by atoms with Crippen LogP contribution in [-0.2, 0) is 5.92 Å². The fraction of sp³-hybridized carbons (Fsp3) is 0.455. The predicted octanol–water partition coefficient (Wildman–Crippen LogP) is 7.07. The molecule has 0 heterocycles. The van der Waals surface area contributed by atoms with Crippen molar-refractivity contribution < 1.29 is 13.2 Å². The summed E-state index contributed by atoms with van der Waals surface area (Å²) in [5, 5.41) is 1.40. The van der Waals surface area contributed by atoms with Gasteiger partial charge in [-0.25, -0.2) is 4.39 Å². The third kappa shape index (κ3) is 2.68. The number of alkyl halides is 2. The van der Waals surface area contributed by atoms with E-state index in [1.807, 2.05) is 6.07 Å². The van der Waals surface area contributed by atoms with Crippen LogP contribution < -0.4 is 0 Å². The van der Waals surface area contributed by atoms with Crippen molar-refractivity contribution in [2.24, 2.45) is 11.8 Å². The molecule has 2 aliphatic carbocycles. The standard InChI is InChI=1S/C22H23F3/c1-2-5-14-8-10-15(11-9-14)19-13-18-17-7-4-3-6-16(17)12-20(23)21(18)22(19,24)25/h3-4,6-7,12-15H,2,5,8-11H2,1H3. The first-order valence-corrected chi connectivity index (χ1v) is 9.34. The Kier molecular flexibility index (Phi) is 4.13. The molecule has 0 atom stereocenters. The Labute approximate surface area is 146 Å². The molecule has 0 bridgehead atoms. The summed E-state index contributed by atoms with van der Waals surface area (Å²) in [6.07, 6.45) is 7.51. The zero-order chi connectivity index (χ0) is 17.6. The van der Waals surface area contributed by atoms with Gasteiger partial charge < -0.3 is 0 Å². The maximum Gasteiger partial charge on any atom is 0.298 e. The second-order valence-electron chi connectivity index (χ2n) is 7.55. The van der Waals surface area contributed by atoms with Gasteiger partial charge in [0, 0.05) is 5.57 Å². The Morgan fingerprint density at radius 2 is 1.80 bits per heavy atom. The lowest BCUT2D eigenvalue weighted by Gasteiger charge is -2.31. The minimum atomic E-state index is -3.19. The average Bonchev–Trinajstić information content (AvgIpc) is 2.88. The van der Waals surface area contributed by atoms with E-state index >= 15 is 8.78 Å². The Bertz CT molecular complexity index is 827. The molecule has 0 amide bonds. The number of fused-ring (bicyclic) bond motifs is 3. The first-order valence-electron chi connectivity index (χ1n) is 9.34. The van der Waals surface area contributed by atoms with E-state index in [4.69, 9.17) is 0 Å². The normalized spacial score (nSPS) is 25.0. The van der Waals surface area contributed by atoms with Crippen LogP contribution in [0.15, 0.2) is 35.9 Å². The minimum absolute atomic E-state index is 0.131. The topological polar surface area (TPSA) is 0 Å². The molecule has 0 aliphatic heterocycles. The molecule has 0 nitrogen and oxygen atoms in total. The lowest BCUT2D eigenvalue weighted by atomic mass is 9.76. The largest absolute Gasteiger partial charge is 0.298 e. The van der Waals surface area contributed by atoms with E-state index in [9.17, 15) is 4.39 Å². The third-order valence-electron chi connectivity index (χ3n) is 6.00. The molecular formula is C22H23F3. The molecule has 2 aromatic carbocycles. The quantitative estimate of drug-likeness (QED) is 0.558. The Balaban J connectivity index is 1.73. The molecule has 0 aromatic heterocycles. The van der Waals surface area contributed by atoms with Gasteiger partial charge in [0.2, 0.25) is 0 Å². The highest BCUT2D eigenvalue weighted by atomic mass is 19.3. The number of allylic oxidation sites excluding steroid dienone is 1. The fourth-order valence-electron chi connectivity index (χ4n) is 4.74. The number of hydrogen-bond donors (Lipinski definition) is 0. The molecule has 2 aromatic rings. The Hall–Kier alpha value is -1.77. The van der Waals surface area contributed by atoms with Gasteiger partial charge in [-0.2, -0.15) is 8.78 Å². The molecule has 0 radical (unpaired) electrons. The van der Waals surface area contributed by atoms with E-state index < -0.39 is 17.3 Å². The minimum Gasteiger partial charge on any atom is -0.206 e. The van der Waals surface area contributed by atoms with Gasteiger partial charge in [0.05, 0.1) is 5.56 Å². The second-order valence-corrected chi connectivity index (χ2v) is 7.55. The molecule has 132 valence electrons. The average molecular weight is 344 g/mol. The molecule has 2 aliphatic rings. The van der Waals surface area contributed by atoms with Crippen molar-refractivity contribution >= 4 is 16.8 Å². The van der Waals surface area contributed by atoms with Crippen LogP contribution in [0.1, 0.15) is 56.6 Å². The number of benzene rings is 2. The molecule has 1 saturated carbocycles. The van der Waals surface area contributed by atoms with Crippen LogP contribution >= 0.6 is 0 Å². The third-order valence-corrected chi connectivity index (χ3v) is 6.00. The SMILES string of the molecule is CCCC1CCC(C2=Cc3c(c(F)cc4ccccc34)C2(F)F)CC1. The van der Waals surface area contributed by atoms with Crippen LogP contribution in [-0.4, -0.2) is 0 Å². The van der Waals surface area contributed by atoms with Gasteiger partial charge in [0.1, 0.15) is 5.82 Å². The molecule has 1 fully saturated rings. The van der Waals surface area contributed by atoms with Crippen LogP contribution in [0.2, 0.25) is 0 Å². The summed E-state index contributed by atoms with van der Waals surface area (Å²) < 4.78 is 44.7. The van der Waals surface area contributed by atoms with Crippen molar-refractivity contribution in [3.05, 3.63) is 52.8 Å². The zero-order valence-corrected chi connectivity index (χ0v) is 14.5. The van der Waals surface area contributed by atoms with Crippen molar-refractivity contribution in [1.82, 2.24) is 0 Å². The predicted molar refractivity (Wildman–Crippen MR) is 96.1 cm³/mol. The molecule has 0 saturated heterocycles. The summed E-state index contributed by atoms with van der Waals surface area (Å²) >= 11 is 0. The van der Waals surface area contributed by atoms with Crippen LogP contribution in [0.5, 0.6) is 0 Å². The maximum atomic E-state index is 15.1. The van der Waals surface area contributed by atoms with E-state index in [1.165, 1.54) is 12.5 Å². The summed E-state index contributed by atoms with van der Waals surface area (Å²) in [4.78, 5) is 0. The number of halogens is 3. The highest BCUT2D eigenvalue weighted by molar-refractivity contribution is 5.95. The molecule has 0 spiro atoms. The van der Waals surface area contributed by atoms with Gasteiger partial charge in [-0.05, 0) is 66.0 Å². The Morgan fingerprint density at radius 3 is 2.52 bits per heavy atom. The van der Waals surface area contributed by atoms with Gasteiger partial charge in [-0.3, -0.25) is 0 Å². The molecular weight excluding hydrogens is 321 g/mol. The van der Waals surface area contributed by atoms with Gasteiger partial charge in [0.15, 0.2) is 0 Å². The molecule has 4 rings (SSSR count). The summed E-state index contributed by atoms with van der Waals surface area (Å²) in [7, 11) is 0. The summed E-state index contributed by atoms with van der Waals surface area (Å²) in [5.74, 6) is -3.44. The number of hydrogen-bond acceptors (Lipinski definition) is 0. The van der Waals surface area contributed by atoms with Crippen molar-refractivity contribution in [2.45, 2.75) is 51.4 Å². The van der Waals surface area contributed by atoms with Gasteiger partial charge in [-0.15, -0.1) is 0 Å². The molecule has 3 heteroatoms. The van der Waals surface area contributed by atoms with E-state index in [-0.39, 0.29) is 11.5 Å². The lowest BCUT2D eigenvalue weighted by Crippen LogP contribution is -2.24. The monoisotopic (exact) mass is 344 g/mol. The highest BCUT2D eigenvalue weighted by Crippen LogP contribution is 2.53. The zero-order valence-electron chi connectivity index (χ0n) is 14.5. The van der Waals surface area contributed by atoms with E-state index in [1.54, 1.807) is 24.3 Å². The van der Waals surface area contributed by atoms with Crippen LogP contribution in [0.3, 0.4) is 0 Å². The van der Waals surface area contributed by atoms with Crippen molar-refractivity contribution in [2.75, 3.05) is 0 Å². The highest BCUT2D eigenvalue weighted by Gasteiger charge is 2.48. The van der Waals surface area contributed by atoms with Crippen LogP contribution in [0, 0.1) is 17.7 Å². The Morgan fingerprint density at radius 1 is 1.08 bits per heavy atom. The van der Waals surface area contributed by atoms with E-state index in [0.717, 1.165) is 32.1 Å². The molecule has 0 unspecified atom stereocenters. The van der Waals surface area contributed by atoms with Crippen molar-refractivity contribution in [1.29, 1.82) is 0 Å². The van der Waals surface area contributed by atoms with Gasteiger partial charge >= 0.3 is 0 Å². The lowest BCUT2D eigenvalue weighted by molar-refractivity contribution is 0.0231. The first kappa shape index (κ1) is 16.7. The molecule has 25 heavy (non-hydrogen) atoms. The first-order chi connectivity index (χ1) is 12.0. The van der Waals surface area contributed by atoms with Crippen LogP contribution in [0.25, 0.3) is 16.8 Å². The smallest absolute Gasteiger partial charge is 0.206 e. The van der Waals surface area contributed by atoms with Crippen molar-refractivity contribution in [3.63, 3.8) is 0 Å². The second kappa shape index (κ2) is 6.19. The fourth-order valence-corrected chi connectivity index (χ4v) is 4.74. The number of rotatable bonds is 3. The molecule has 0 N–H and O–H groups in total. The van der Waals surface area contributed by atoms with Gasteiger partial charge in [0.25, 0.3) is 5.92 Å². The summed E-state index contributed by atoms with van der Waals surface area (Å²) in [6, 6.07) is 8.46. The van der Waals surface area contributed by atoms with Crippen molar-refractivity contribution in [3.8, 4) is 0 Å². The summed E-state index contributed by atoms with van der Waals surface area (Å²) in [6.45, 7) is 2.17. The van der Waals surface area contributed by atoms with E-state index in [0.29, 0.717) is 22.3 Å². The van der Waals surface area contributed by atoms with E-state index in [2.05, 4.69) is 6.92 Å². The maximum absolute atomic E-state index is 15.1.